The second kappa shape index (κ2) is 6.94. The van der Waals surface area contributed by atoms with Crippen molar-refractivity contribution in [1.29, 1.82) is 0 Å². The Kier molecular flexibility index (Phi) is 5.42. The van der Waals surface area contributed by atoms with Gasteiger partial charge in [-0.3, -0.25) is 5.21 Å². The summed E-state index contributed by atoms with van der Waals surface area (Å²) < 4.78 is 10.7. The number of halogens is 1. The quantitative estimate of drug-likeness (QED) is 0.444. The first-order valence-electron chi connectivity index (χ1n) is 6.35. The molecular formula is C12H16ClN2O7-. The first-order valence-corrected chi connectivity index (χ1v) is 6.73. The maximum absolute atomic E-state index is 10.8. The Hall–Kier alpha value is -1.17. The van der Waals surface area contributed by atoms with Crippen LogP contribution in [0.1, 0.15) is 0 Å². The number of aliphatic hydroxyl groups excluding tert-OH is 3. The molecule has 1 heterocycles. The molecular weight excluding hydrogens is 320 g/mol. The van der Waals surface area contributed by atoms with Crippen molar-refractivity contribution in [2.75, 3.05) is 11.8 Å². The van der Waals surface area contributed by atoms with Crippen molar-refractivity contribution >= 4 is 17.3 Å². The van der Waals surface area contributed by atoms with Crippen LogP contribution in [0.15, 0.2) is 18.2 Å². The van der Waals surface area contributed by atoms with Crippen LogP contribution in [0.2, 0.25) is 5.02 Å². The summed E-state index contributed by atoms with van der Waals surface area (Å²) in [5.41, 5.74) is 5.62. The predicted octanol–water partition coefficient (Wildman–Crippen LogP) is -0.822. The number of hydrogen-bond donors (Lipinski definition) is 5. The molecule has 0 saturated carbocycles. The lowest BCUT2D eigenvalue weighted by Crippen LogP contribution is -2.63. The fourth-order valence-electron chi connectivity index (χ4n) is 2.04. The number of rotatable bonds is 4. The van der Waals surface area contributed by atoms with Crippen molar-refractivity contribution in [1.82, 2.24) is 0 Å². The van der Waals surface area contributed by atoms with E-state index in [2.05, 4.69) is 0 Å². The van der Waals surface area contributed by atoms with Crippen LogP contribution in [-0.4, -0.2) is 57.8 Å². The summed E-state index contributed by atoms with van der Waals surface area (Å²) in [4.78, 5) is 0. The number of hydrogen-bond acceptors (Lipinski definition) is 9. The van der Waals surface area contributed by atoms with Gasteiger partial charge in [0.2, 0.25) is 6.29 Å². The van der Waals surface area contributed by atoms with Crippen molar-refractivity contribution in [2.24, 2.45) is 5.73 Å². The van der Waals surface area contributed by atoms with E-state index in [1.54, 1.807) is 0 Å². The predicted molar refractivity (Wildman–Crippen MR) is 75.4 cm³/mol. The Morgan fingerprint density at radius 1 is 1.36 bits per heavy atom. The number of ether oxygens (including phenoxy) is 2. The van der Waals surface area contributed by atoms with E-state index in [4.69, 9.17) is 37.1 Å². The molecule has 1 aromatic rings. The van der Waals surface area contributed by atoms with Gasteiger partial charge in [0.05, 0.1) is 23.4 Å². The summed E-state index contributed by atoms with van der Waals surface area (Å²) in [6, 6.07) is 2.63. The number of nitrogens with zero attached hydrogens (tertiary/aromatic N) is 1. The average molecular weight is 336 g/mol. The van der Waals surface area contributed by atoms with Crippen LogP contribution in [-0.2, 0) is 4.74 Å². The lowest BCUT2D eigenvalue weighted by atomic mass is 9.98. The van der Waals surface area contributed by atoms with Gasteiger partial charge >= 0.3 is 0 Å². The van der Waals surface area contributed by atoms with E-state index in [1.165, 1.54) is 12.1 Å². The van der Waals surface area contributed by atoms with E-state index in [9.17, 15) is 15.4 Å². The Morgan fingerprint density at radius 2 is 2.05 bits per heavy atom. The molecule has 10 heteroatoms. The third kappa shape index (κ3) is 3.42. The van der Waals surface area contributed by atoms with Crippen molar-refractivity contribution in [3.8, 4) is 5.75 Å². The lowest BCUT2D eigenvalue weighted by Gasteiger charge is -2.40. The summed E-state index contributed by atoms with van der Waals surface area (Å²) in [7, 11) is 0. The Morgan fingerprint density at radius 3 is 2.59 bits per heavy atom. The Balaban J connectivity index is 2.15. The zero-order valence-electron chi connectivity index (χ0n) is 11.2. The molecule has 1 aliphatic heterocycles. The zero-order chi connectivity index (χ0) is 16.4. The van der Waals surface area contributed by atoms with Crippen LogP contribution >= 0.6 is 11.6 Å². The summed E-state index contributed by atoms with van der Waals surface area (Å²) in [6.07, 6.45) is -4.94. The van der Waals surface area contributed by atoms with E-state index in [0.717, 1.165) is 6.07 Å². The van der Waals surface area contributed by atoms with E-state index >= 15 is 0 Å². The molecule has 1 fully saturated rings. The van der Waals surface area contributed by atoms with Gasteiger partial charge in [0.1, 0.15) is 24.1 Å². The SMILES string of the molecule is N[C@H]1C(Oc2ccc(N([O-])O)cc2Cl)O[C@H](CO)[C@@H](O)[C@@H]1O. The van der Waals surface area contributed by atoms with Gasteiger partial charge in [-0.1, -0.05) is 11.6 Å². The molecule has 0 spiro atoms. The Bertz CT molecular complexity index is 516. The Labute approximate surface area is 130 Å². The van der Waals surface area contributed by atoms with Crippen molar-refractivity contribution in [3.05, 3.63) is 28.4 Å². The first-order chi connectivity index (χ1) is 10.3. The molecule has 6 N–H and O–H groups in total. The maximum atomic E-state index is 10.8. The van der Waals surface area contributed by atoms with Crippen molar-refractivity contribution in [2.45, 2.75) is 30.6 Å². The molecule has 0 aromatic heterocycles. The minimum atomic E-state index is -1.36. The van der Waals surface area contributed by atoms with Crippen LogP contribution in [0.3, 0.4) is 0 Å². The number of benzene rings is 1. The third-order valence-electron chi connectivity index (χ3n) is 3.31. The molecule has 1 aromatic carbocycles. The molecule has 5 atom stereocenters. The molecule has 124 valence electrons. The second-order valence-corrected chi connectivity index (χ2v) is 5.20. The van der Waals surface area contributed by atoms with E-state index in [0.29, 0.717) is 0 Å². The highest BCUT2D eigenvalue weighted by molar-refractivity contribution is 6.32. The molecule has 2 rings (SSSR count). The van der Waals surface area contributed by atoms with Gasteiger partial charge in [-0.15, -0.1) is 0 Å². The minimum absolute atomic E-state index is 0.00404. The summed E-state index contributed by atoms with van der Waals surface area (Å²) in [5.74, 6) is 0.0907. The summed E-state index contributed by atoms with van der Waals surface area (Å²) in [5, 5.41) is 47.8. The van der Waals surface area contributed by atoms with Crippen molar-refractivity contribution < 1.29 is 30.0 Å². The molecule has 0 radical (unpaired) electrons. The van der Waals surface area contributed by atoms with E-state index in [-0.39, 0.29) is 21.7 Å². The highest BCUT2D eigenvalue weighted by Gasteiger charge is 2.43. The van der Waals surface area contributed by atoms with E-state index < -0.39 is 37.3 Å². The number of anilines is 1. The fraction of sp³-hybridized carbons (Fsp3) is 0.500. The molecule has 1 aliphatic rings. The molecule has 0 bridgehead atoms. The molecule has 0 amide bonds. The minimum Gasteiger partial charge on any atom is -0.733 e. The van der Waals surface area contributed by atoms with Crippen LogP contribution in [0.25, 0.3) is 0 Å². The molecule has 1 saturated heterocycles. The van der Waals surface area contributed by atoms with Crippen LogP contribution in [0.4, 0.5) is 5.69 Å². The van der Waals surface area contributed by atoms with Crippen molar-refractivity contribution in [3.63, 3.8) is 0 Å². The normalized spacial score (nSPS) is 31.9. The number of nitrogens with two attached hydrogens (primary N) is 1. The van der Waals surface area contributed by atoms with Gasteiger partial charge in [-0.25, -0.2) is 0 Å². The molecule has 1 unspecified atom stereocenters. The monoisotopic (exact) mass is 335 g/mol. The molecule has 22 heavy (non-hydrogen) atoms. The highest BCUT2D eigenvalue weighted by Crippen LogP contribution is 2.31. The van der Waals surface area contributed by atoms with Crippen LogP contribution < -0.4 is 15.7 Å². The maximum Gasteiger partial charge on any atom is 0.218 e. The van der Waals surface area contributed by atoms with Gasteiger partial charge in [0.15, 0.2) is 0 Å². The largest absolute Gasteiger partial charge is 0.733 e. The lowest BCUT2D eigenvalue weighted by molar-refractivity contribution is -0.239. The van der Waals surface area contributed by atoms with Gasteiger partial charge < -0.3 is 41.0 Å². The molecule has 9 nitrogen and oxygen atoms in total. The summed E-state index contributed by atoms with van der Waals surface area (Å²) in [6.45, 7) is -0.535. The standard InChI is InChI=1S/C12H16ClN2O7/c13-6-3-5(15(19)20)1-2-7(6)21-12-9(14)11(18)10(17)8(4-16)22-12/h1-3,8-12,16-19H,4,14H2/q-1/t8-,9-,10-,11-,12?/m1/s1. The number of aliphatic hydroxyl groups is 3. The summed E-state index contributed by atoms with van der Waals surface area (Å²) >= 11 is 5.92. The van der Waals surface area contributed by atoms with Gasteiger partial charge in [0.25, 0.3) is 0 Å². The van der Waals surface area contributed by atoms with E-state index in [1.807, 2.05) is 0 Å². The van der Waals surface area contributed by atoms with Gasteiger partial charge in [-0.05, 0) is 18.2 Å². The third-order valence-corrected chi connectivity index (χ3v) is 3.60. The second-order valence-electron chi connectivity index (χ2n) is 4.79. The van der Waals surface area contributed by atoms with Crippen LogP contribution in [0, 0.1) is 5.21 Å². The van der Waals surface area contributed by atoms with Crippen LogP contribution in [0.5, 0.6) is 5.75 Å². The molecule has 0 aliphatic carbocycles. The van der Waals surface area contributed by atoms with Gasteiger partial charge in [0, 0.05) is 0 Å². The first kappa shape index (κ1) is 17.2. The average Bonchev–Trinajstić information content (AvgIpc) is 2.49. The van der Waals surface area contributed by atoms with Gasteiger partial charge in [-0.2, -0.15) is 0 Å². The topological polar surface area (TPSA) is 152 Å². The zero-order valence-corrected chi connectivity index (χ0v) is 12.0. The fourth-order valence-corrected chi connectivity index (χ4v) is 2.26. The highest BCUT2D eigenvalue weighted by atomic mass is 35.5. The smallest absolute Gasteiger partial charge is 0.218 e.